The summed E-state index contributed by atoms with van der Waals surface area (Å²) >= 11 is 0. The molecule has 0 aliphatic rings. The SMILES string of the molecule is CCCCCCCCCCCCCCOS(=O)(=O)C(F)CCCCCCCCCCC.N. The van der Waals surface area contributed by atoms with E-state index in [2.05, 4.69) is 13.8 Å². The summed E-state index contributed by atoms with van der Waals surface area (Å²) < 4.78 is 42.7. The van der Waals surface area contributed by atoms with Crippen molar-refractivity contribution in [2.24, 2.45) is 0 Å². The van der Waals surface area contributed by atoms with Crippen molar-refractivity contribution in [1.29, 1.82) is 0 Å². The molecule has 0 aromatic rings. The lowest BCUT2D eigenvalue weighted by molar-refractivity contribution is 0.270. The highest BCUT2D eigenvalue weighted by atomic mass is 32.2. The highest BCUT2D eigenvalue weighted by molar-refractivity contribution is 7.87. The molecule has 3 N–H and O–H groups in total. The Hall–Kier alpha value is -0.200. The molecular weight excluding hydrogens is 425 g/mol. The van der Waals surface area contributed by atoms with Gasteiger partial charge < -0.3 is 6.15 Å². The minimum atomic E-state index is -4.05. The maximum Gasteiger partial charge on any atom is 0.299 e. The Morgan fingerprint density at radius 2 is 0.875 bits per heavy atom. The number of hydrogen-bond donors (Lipinski definition) is 1. The molecule has 1 unspecified atom stereocenters. The molecule has 0 aliphatic carbocycles. The summed E-state index contributed by atoms with van der Waals surface area (Å²) in [5, 5.41) is 0. The van der Waals surface area contributed by atoms with E-state index in [0.717, 1.165) is 25.7 Å². The van der Waals surface area contributed by atoms with Gasteiger partial charge in [-0.05, 0) is 19.3 Å². The van der Waals surface area contributed by atoms with E-state index >= 15 is 0 Å². The van der Waals surface area contributed by atoms with E-state index in [-0.39, 0.29) is 19.2 Å². The van der Waals surface area contributed by atoms with Crippen molar-refractivity contribution < 1.29 is 17.0 Å². The third-order valence-electron chi connectivity index (χ3n) is 6.09. The van der Waals surface area contributed by atoms with E-state index in [4.69, 9.17) is 4.18 Å². The van der Waals surface area contributed by atoms with Crippen molar-refractivity contribution in [1.82, 2.24) is 6.15 Å². The Labute approximate surface area is 200 Å². The Morgan fingerprint density at radius 1 is 0.562 bits per heavy atom. The predicted molar refractivity (Wildman–Crippen MR) is 138 cm³/mol. The fourth-order valence-corrected chi connectivity index (χ4v) is 4.90. The molecule has 6 heteroatoms. The Morgan fingerprint density at radius 3 is 1.25 bits per heavy atom. The van der Waals surface area contributed by atoms with Crippen LogP contribution in [0.15, 0.2) is 0 Å². The normalized spacial score (nSPS) is 12.6. The average molecular weight is 482 g/mol. The summed E-state index contributed by atoms with van der Waals surface area (Å²) in [6, 6.07) is 0. The highest BCUT2D eigenvalue weighted by Gasteiger charge is 2.25. The van der Waals surface area contributed by atoms with Crippen molar-refractivity contribution in [3.8, 4) is 0 Å². The number of rotatable bonds is 25. The molecule has 0 radical (unpaired) electrons. The molecule has 0 spiro atoms. The maximum atomic E-state index is 14.0. The summed E-state index contributed by atoms with van der Waals surface area (Å²) in [6.45, 7) is 4.58. The van der Waals surface area contributed by atoms with Crippen molar-refractivity contribution in [2.45, 2.75) is 161 Å². The smallest absolute Gasteiger partial charge is 0.299 e. The van der Waals surface area contributed by atoms with Crippen LogP contribution in [0.2, 0.25) is 0 Å². The molecule has 0 fully saturated rings. The lowest BCUT2D eigenvalue weighted by Gasteiger charge is -2.10. The van der Waals surface area contributed by atoms with Crippen LogP contribution < -0.4 is 6.15 Å². The Balaban J connectivity index is 0. The van der Waals surface area contributed by atoms with Gasteiger partial charge in [0.15, 0.2) is 0 Å². The molecule has 0 heterocycles. The second kappa shape index (κ2) is 25.4. The van der Waals surface area contributed by atoms with Crippen LogP contribution in [0.3, 0.4) is 0 Å². The first-order valence-electron chi connectivity index (χ1n) is 13.6. The summed E-state index contributed by atoms with van der Waals surface area (Å²) in [7, 11) is -4.05. The van der Waals surface area contributed by atoms with Gasteiger partial charge in [0, 0.05) is 0 Å². The molecule has 0 aromatic carbocycles. The van der Waals surface area contributed by atoms with Gasteiger partial charge in [-0.15, -0.1) is 0 Å². The van der Waals surface area contributed by atoms with Crippen LogP contribution in [-0.4, -0.2) is 20.5 Å². The van der Waals surface area contributed by atoms with Gasteiger partial charge in [-0.2, -0.15) is 8.42 Å². The van der Waals surface area contributed by atoms with Gasteiger partial charge in [-0.1, -0.05) is 136 Å². The van der Waals surface area contributed by atoms with Gasteiger partial charge in [-0.25, -0.2) is 4.39 Å². The highest BCUT2D eigenvalue weighted by Crippen LogP contribution is 2.17. The van der Waals surface area contributed by atoms with E-state index in [9.17, 15) is 12.8 Å². The van der Waals surface area contributed by atoms with E-state index in [0.29, 0.717) is 12.8 Å². The Kier molecular flexibility index (Phi) is 27.0. The molecule has 1 atom stereocenters. The first-order valence-corrected chi connectivity index (χ1v) is 15.0. The van der Waals surface area contributed by atoms with Crippen LogP contribution in [0.5, 0.6) is 0 Å². The van der Waals surface area contributed by atoms with E-state index in [1.807, 2.05) is 0 Å². The third kappa shape index (κ3) is 23.0. The number of halogens is 1. The largest absolute Gasteiger partial charge is 0.344 e. The zero-order chi connectivity index (χ0) is 23.0. The first-order chi connectivity index (χ1) is 15.0. The van der Waals surface area contributed by atoms with E-state index in [1.54, 1.807) is 0 Å². The topological polar surface area (TPSA) is 78.4 Å². The maximum absolute atomic E-state index is 14.0. The summed E-state index contributed by atoms with van der Waals surface area (Å²) in [5.74, 6) is 0. The standard InChI is InChI=1S/C26H53FO3S.H3N/c1-3-5-7-9-11-13-14-15-17-19-21-23-25-30-31(28,29)26(27)24-22-20-18-16-12-10-8-6-4-2;/h26H,3-25H2,1-2H3;1H3. The lowest BCUT2D eigenvalue weighted by Crippen LogP contribution is -2.19. The first kappa shape index (κ1) is 34.0. The molecule has 0 saturated carbocycles. The Bertz CT molecular complexity index is 460. The fraction of sp³-hybridized carbons (Fsp3) is 1.00. The van der Waals surface area contributed by atoms with Crippen molar-refractivity contribution in [3.63, 3.8) is 0 Å². The quantitative estimate of drug-likeness (QED) is 0.104. The molecule has 196 valence electrons. The number of hydrogen-bond acceptors (Lipinski definition) is 4. The summed E-state index contributed by atoms with van der Waals surface area (Å²) in [5.41, 5.74) is -1.87. The van der Waals surface area contributed by atoms with Gasteiger partial charge in [-0.3, -0.25) is 4.18 Å². The van der Waals surface area contributed by atoms with E-state index < -0.39 is 15.6 Å². The molecule has 0 bridgehead atoms. The zero-order valence-corrected chi connectivity index (χ0v) is 22.4. The van der Waals surface area contributed by atoms with Crippen LogP contribution in [0.1, 0.15) is 155 Å². The minimum Gasteiger partial charge on any atom is -0.344 e. The molecule has 0 aliphatic heterocycles. The van der Waals surface area contributed by atoms with Crippen molar-refractivity contribution in [3.05, 3.63) is 0 Å². The fourth-order valence-electron chi connectivity index (χ4n) is 3.95. The molecule has 32 heavy (non-hydrogen) atoms. The molecule has 0 aromatic heterocycles. The van der Waals surface area contributed by atoms with Crippen LogP contribution in [0, 0.1) is 0 Å². The van der Waals surface area contributed by atoms with E-state index in [1.165, 1.54) is 96.3 Å². The number of unbranched alkanes of at least 4 members (excludes halogenated alkanes) is 19. The number of alkyl halides is 1. The summed E-state index contributed by atoms with van der Waals surface area (Å²) in [6.07, 6.45) is 24.8. The monoisotopic (exact) mass is 481 g/mol. The van der Waals surface area contributed by atoms with Crippen LogP contribution in [0.4, 0.5) is 4.39 Å². The lowest BCUT2D eigenvalue weighted by atomic mass is 10.1. The second-order valence-electron chi connectivity index (χ2n) is 9.23. The molecule has 0 saturated heterocycles. The zero-order valence-electron chi connectivity index (χ0n) is 21.6. The molecule has 0 rings (SSSR count). The molecule has 0 amide bonds. The van der Waals surface area contributed by atoms with Gasteiger partial charge in [0.25, 0.3) is 10.1 Å². The van der Waals surface area contributed by atoms with Crippen LogP contribution in [0.25, 0.3) is 0 Å². The van der Waals surface area contributed by atoms with Gasteiger partial charge in [0.05, 0.1) is 6.61 Å². The minimum absolute atomic E-state index is 0. The summed E-state index contributed by atoms with van der Waals surface area (Å²) in [4.78, 5) is 0. The average Bonchev–Trinajstić information content (AvgIpc) is 2.75. The van der Waals surface area contributed by atoms with Gasteiger partial charge in [0.1, 0.15) is 0 Å². The van der Waals surface area contributed by atoms with Gasteiger partial charge in [0.2, 0.25) is 5.50 Å². The van der Waals surface area contributed by atoms with Crippen LogP contribution in [-0.2, 0) is 14.3 Å². The van der Waals surface area contributed by atoms with Crippen molar-refractivity contribution >= 4 is 10.1 Å². The van der Waals surface area contributed by atoms with Crippen molar-refractivity contribution in [2.75, 3.05) is 6.61 Å². The second-order valence-corrected chi connectivity index (χ2v) is 11.0. The van der Waals surface area contributed by atoms with Crippen LogP contribution >= 0.6 is 0 Å². The molecule has 4 nitrogen and oxygen atoms in total. The predicted octanol–water partition coefficient (Wildman–Crippen LogP) is 9.41. The van der Waals surface area contributed by atoms with Gasteiger partial charge >= 0.3 is 0 Å². The molecular formula is C26H56FNO3S. The third-order valence-corrected chi connectivity index (χ3v) is 7.45.